The van der Waals surface area contributed by atoms with E-state index in [9.17, 15) is 13.2 Å². The molecule has 1 aliphatic rings. The highest BCUT2D eigenvalue weighted by atomic mass is 32.2. The molecule has 0 aliphatic carbocycles. The van der Waals surface area contributed by atoms with E-state index in [-0.39, 0.29) is 17.6 Å². The maximum absolute atomic E-state index is 12.8. The molecule has 2 atom stereocenters. The lowest BCUT2D eigenvalue weighted by atomic mass is 9.94. The van der Waals surface area contributed by atoms with Gasteiger partial charge in [0.2, 0.25) is 10.0 Å². The summed E-state index contributed by atoms with van der Waals surface area (Å²) in [7, 11) is -3.54. The largest absolute Gasteiger partial charge is 0.460 e. The van der Waals surface area contributed by atoms with Gasteiger partial charge < -0.3 is 9.47 Å². The number of benzene rings is 1. The smallest absolute Gasteiger partial charge is 0.338 e. The minimum Gasteiger partial charge on any atom is -0.460 e. The highest BCUT2D eigenvalue weighted by molar-refractivity contribution is 7.89. The molecule has 26 heavy (non-hydrogen) atoms. The van der Waals surface area contributed by atoms with E-state index < -0.39 is 16.0 Å². The topological polar surface area (TPSA) is 72.9 Å². The second-order valence-corrected chi connectivity index (χ2v) is 9.29. The van der Waals surface area contributed by atoms with Crippen molar-refractivity contribution in [1.29, 1.82) is 0 Å². The molecule has 1 aromatic carbocycles. The average Bonchev–Trinajstić information content (AvgIpc) is 2.57. The third kappa shape index (κ3) is 5.53. The molecule has 1 fully saturated rings. The Morgan fingerprint density at radius 2 is 1.69 bits per heavy atom. The van der Waals surface area contributed by atoms with Gasteiger partial charge in [-0.05, 0) is 56.4 Å². The van der Waals surface area contributed by atoms with Crippen molar-refractivity contribution in [2.75, 3.05) is 26.3 Å². The van der Waals surface area contributed by atoms with Crippen LogP contribution in [-0.4, -0.2) is 51.1 Å². The normalized spacial score (nSPS) is 21.7. The zero-order chi connectivity index (χ0) is 19.3. The van der Waals surface area contributed by atoms with Crippen LogP contribution in [0.5, 0.6) is 0 Å². The van der Waals surface area contributed by atoms with Gasteiger partial charge in [-0.15, -0.1) is 0 Å². The first-order valence-electron chi connectivity index (χ1n) is 9.09. The monoisotopic (exact) mass is 383 g/mol. The molecular formula is C19H29NO5S. The Kier molecular flexibility index (Phi) is 7.20. The van der Waals surface area contributed by atoms with E-state index in [4.69, 9.17) is 9.47 Å². The van der Waals surface area contributed by atoms with E-state index in [1.807, 2.05) is 13.8 Å². The van der Waals surface area contributed by atoms with Gasteiger partial charge in [0.1, 0.15) is 6.61 Å². The maximum Gasteiger partial charge on any atom is 0.338 e. The second kappa shape index (κ2) is 8.97. The summed E-state index contributed by atoms with van der Waals surface area (Å²) < 4.78 is 37.6. The molecule has 2 unspecified atom stereocenters. The molecule has 1 aromatic rings. The summed E-state index contributed by atoms with van der Waals surface area (Å²) in [6.45, 7) is 9.52. The maximum atomic E-state index is 12.8. The van der Waals surface area contributed by atoms with E-state index >= 15 is 0 Å². The van der Waals surface area contributed by atoms with E-state index in [2.05, 4.69) is 13.8 Å². The van der Waals surface area contributed by atoms with Crippen LogP contribution < -0.4 is 0 Å². The molecule has 1 heterocycles. The number of piperidine rings is 1. The van der Waals surface area contributed by atoms with Crippen LogP contribution in [0.4, 0.5) is 0 Å². The van der Waals surface area contributed by atoms with Gasteiger partial charge in [-0.1, -0.05) is 13.8 Å². The number of rotatable bonds is 7. The summed E-state index contributed by atoms with van der Waals surface area (Å²) in [4.78, 5) is 12.2. The van der Waals surface area contributed by atoms with Crippen molar-refractivity contribution in [3.05, 3.63) is 29.8 Å². The van der Waals surface area contributed by atoms with Crippen LogP contribution in [0.1, 0.15) is 44.5 Å². The third-order valence-electron chi connectivity index (χ3n) is 4.33. The number of carbonyl (C=O) groups excluding carboxylic acids is 1. The highest BCUT2D eigenvalue weighted by Gasteiger charge is 2.31. The molecule has 0 N–H and O–H groups in total. The quantitative estimate of drug-likeness (QED) is 0.535. The summed E-state index contributed by atoms with van der Waals surface area (Å²) in [5.41, 5.74) is 0.328. The number of hydrogen-bond donors (Lipinski definition) is 0. The third-order valence-corrected chi connectivity index (χ3v) is 6.18. The molecule has 0 spiro atoms. The van der Waals surface area contributed by atoms with Crippen LogP contribution >= 0.6 is 0 Å². The molecule has 0 aromatic heterocycles. The van der Waals surface area contributed by atoms with Crippen LogP contribution in [0, 0.1) is 11.8 Å². The fourth-order valence-electron chi connectivity index (χ4n) is 3.22. The van der Waals surface area contributed by atoms with Crippen LogP contribution in [0.3, 0.4) is 0 Å². The van der Waals surface area contributed by atoms with Gasteiger partial charge in [0.25, 0.3) is 0 Å². The average molecular weight is 384 g/mol. The summed E-state index contributed by atoms with van der Waals surface area (Å²) in [5.74, 6) is 0.202. The molecule has 2 rings (SSSR count). The molecule has 0 amide bonds. The lowest BCUT2D eigenvalue weighted by Crippen LogP contribution is -2.42. The summed E-state index contributed by atoms with van der Waals surface area (Å²) >= 11 is 0. The molecule has 1 saturated heterocycles. The number of carbonyl (C=O) groups is 1. The fraction of sp³-hybridized carbons (Fsp3) is 0.632. The number of hydrogen-bond acceptors (Lipinski definition) is 5. The molecule has 0 bridgehead atoms. The van der Waals surface area contributed by atoms with Gasteiger partial charge in [0, 0.05) is 13.1 Å². The van der Waals surface area contributed by atoms with Crippen LogP contribution in [-0.2, 0) is 19.5 Å². The van der Waals surface area contributed by atoms with E-state index in [1.165, 1.54) is 24.3 Å². The van der Waals surface area contributed by atoms with Gasteiger partial charge >= 0.3 is 5.97 Å². The second-order valence-electron chi connectivity index (χ2n) is 7.35. The number of esters is 1. The molecule has 0 radical (unpaired) electrons. The fourth-order valence-corrected chi connectivity index (χ4v) is 4.90. The Morgan fingerprint density at radius 1 is 1.12 bits per heavy atom. The zero-order valence-corrected chi connectivity index (χ0v) is 16.8. The molecule has 1 aliphatic heterocycles. The minimum absolute atomic E-state index is 0.0819. The molecule has 0 saturated carbocycles. The first-order valence-corrected chi connectivity index (χ1v) is 10.5. The minimum atomic E-state index is -3.54. The van der Waals surface area contributed by atoms with Crippen LogP contribution in [0.2, 0.25) is 0 Å². The Morgan fingerprint density at radius 3 is 2.23 bits per heavy atom. The molecule has 7 heteroatoms. The lowest BCUT2D eigenvalue weighted by molar-refractivity contribution is 0.0177. The van der Waals surface area contributed by atoms with Crippen molar-refractivity contribution < 1.29 is 22.7 Å². The zero-order valence-electron chi connectivity index (χ0n) is 16.0. The first kappa shape index (κ1) is 20.9. The van der Waals surface area contributed by atoms with Gasteiger partial charge in [0.15, 0.2) is 0 Å². The number of nitrogens with zero attached hydrogens (tertiary/aromatic N) is 1. The summed E-state index contributed by atoms with van der Waals surface area (Å²) in [6.07, 6.45) is 1.12. The standard InChI is InChI=1S/C19H29NO5S/c1-14(2)24-9-10-25-19(21)17-5-7-18(8-6-17)26(22,23)20-12-15(3)11-16(4)13-20/h5-8,14-16H,9-13H2,1-4H3. The highest BCUT2D eigenvalue weighted by Crippen LogP contribution is 2.26. The van der Waals surface area contributed by atoms with Crippen LogP contribution in [0.15, 0.2) is 29.2 Å². The predicted molar refractivity (Wildman–Crippen MR) is 99.5 cm³/mol. The van der Waals surface area contributed by atoms with E-state index in [1.54, 1.807) is 4.31 Å². The van der Waals surface area contributed by atoms with Gasteiger partial charge in [-0.2, -0.15) is 4.31 Å². The Hall–Kier alpha value is -1.44. The Bertz CT molecular complexity index is 689. The number of ether oxygens (including phenoxy) is 2. The van der Waals surface area contributed by atoms with Gasteiger partial charge in [-0.25, -0.2) is 13.2 Å². The van der Waals surface area contributed by atoms with Crippen molar-refractivity contribution in [2.45, 2.75) is 45.1 Å². The van der Waals surface area contributed by atoms with Gasteiger partial charge in [0.05, 0.1) is 23.2 Å². The van der Waals surface area contributed by atoms with E-state index in [0.717, 1.165) is 6.42 Å². The van der Waals surface area contributed by atoms with Crippen molar-refractivity contribution in [2.24, 2.45) is 11.8 Å². The summed E-state index contributed by atoms with van der Waals surface area (Å²) in [6, 6.07) is 5.94. The SMILES string of the molecule is CC1CC(C)CN(S(=O)(=O)c2ccc(C(=O)OCCOC(C)C)cc2)C1. The Balaban J connectivity index is 2.00. The lowest BCUT2D eigenvalue weighted by Gasteiger charge is -2.34. The predicted octanol–water partition coefficient (Wildman–Crippen LogP) is 2.94. The van der Waals surface area contributed by atoms with Crippen molar-refractivity contribution >= 4 is 16.0 Å². The number of sulfonamides is 1. The van der Waals surface area contributed by atoms with Crippen molar-refractivity contribution in [3.8, 4) is 0 Å². The van der Waals surface area contributed by atoms with Crippen molar-refractivity contribution in [1.82, 2.24) is 4.31 Å². The molecular weight excluding hydrogens is 354 g/mol. The van der Waals surface area contributed by atoms with Crippen LogP contribution in [0.25, 0.3) is 0 Å². The van der Waals surface area contributed by atoms with Gasteiger partial charge in [-0.3, -0.25) is 0 Å². The molecule has 146 valence electrons. The van der Waals surface area contributed by atoms with Crippen molar-refractivity contribution in [3.63, 3.8) is 0 Å². The molecule has 6 nitrogen and oxygen atoms in total. The van der Waals surface area contributed by atoms with E-state index in [0.29, 0.717) is 37.1 Å². The summed E-state index contributed by atoms with van der Waals surface area (Å²) in [5, 5.41) is 0. The Labute approximate surface area is 156 Å². The first-order chi connectivity index (χ1) is 12.2.